The summed E-state index contributed by atoms with van der Waals surface area (Å²) in [5, 5.41) is 0.642. The number of nitrogens with zero attached hydrogens (tertiary/aromatic N) is 3. The van der Waals surface area contributed by atoms with Crippen LogP contribution in [0, 0.1) is 13.8 Å². The molecule has 5 rings (SSSR count). The molecule has 0 atom stereocenters. The third-order valence-corrected chi connectivity index (χ3v) is 8.07. The lowest BCUT2D eigenvalue weighted by molar-refractivity contribution is 0.525. The number of hydrogen-bond acceptors (Lipinski definition) is 6. The van der Waals surface area contributed by atoms with Gasteiger partial charge in [-0.25, -0.2) is 8.42 Å². The second kappa shape index (κ2) is 9.40. The molecule has 2 heterocycles. The Kier molecular flexibility index (Phi) is 6.30. The lowest BCUT2D eigenvalue weighted by Gasteiger charge is -2.36. The molecule has 180 valence electrons. The monoisotopic (exact) mass is 507 g/mol. The second-order valence-corrected chi connectivity index (χ2v) is 11.1. The minimum Gasteiger partial charge on any atom is -0.419 e. The average Bonchev–Trinajstić information content (AvgIpc) is 3.31. The highest BCUT2D eigenvalue weighted by Crippen LogP contribution is 2.36. The minimum atomic E-state index is -3.88. The summed E-state index contributed by atoms with van der Waals surface area (Å²) in [4.78, 5) is 8.93. The molecule has 35 heavy (non-hydrogen) atoms. The van der Waals surface area contributed by atoms with Crippen molar-refractivity contribution >= 4 is 33.0 Å². The zero-order valence-corrected chi connectivity index (χ0v) is 21.2. The molecule has 4 aromatic rings. The van der Waals surface area contributed by atoms with Crippen LogP contribution >= 0.6 is 11.6 Å². The van der Waals surface area contributed by atoms with E-state index < -0.39 is 9.84 Å². The summed E-state index contributed by atoms with van der Waals surface area (Å²) in [6, 6.07) is 22.3. The predicted molar refractivity (Wildman–Crippen MR) is 139 cm³/mol. The molecule has 1 aliphatic heterocycles. The second-order valence-electron chi connectivity index (χ2n) is 8.77. The van der Waals surface area contributed by atoms with E-state index in [0.29, 0.717) is 37.1 Å². The molecule has 0 aliphatic carbocycles. The van der Waals surface area contributed by atoms with Crippen LogP contribution in [0.25, 0.3) is 11.5 Å². The van der Waals surface area contributed by atoms with Gasteiger partial charge in [0.15, 0.2) is 0 Å². The van der Waals surface area contributed by atoms with Crippen LogP contribution in [0.1, 0.15) is 11.1 Å². The van der Waals surface area contributed by atoms with Crippen LogP contribution in [0.4, 0.5) is 11.6 Å². The third kappa shape index (κ3) is 4.79. The highest BCUT2D eigenvalue weighted by molar-refractivity contribution is 7.91. The van der Waals surface area contributed by atoms with Gasteiger partial charge in [0.1, 0.15) is 0 Å². The molecule has 0 saturated carbocycles. The molecule has 0 bridgehead atoms. The van der Waals surface area contributed by atoms with E-state index in [-0.39, 0.29) is 15.8 Å². The fourth-order valence-corrected chi connectivity index (χ4v) is 5.75. The Hall–Kier alpha value is -3.29. The zero-order valence-electron chi connectivity index (χ0n) is 19.6. The molecular weight excluding hydrogens is 482 g/mol. The molecule has 0 unspecified atom stereocenters. The van der Waals surface area contributed by atoms with Crippen LogP contribution in [0.2, 0.25) is 5.02 Å². The number of anilines is 2. The third-order valence-electron chi connectivity index (χ3n) is 6.17. The molecule has 1 saturated heterocycles. The molecule has 8 heteroatoms. The topological polar surface area (TPSA) is 66.7 Å². The van der Waals surface area contributed by atoms with E-state index in [1.54, 1.807) is 24.3 Å². The van der Waals surface area contributed by atoms with Crippen LogP contribution in [0.15, 0.2) is 87.1 Å². The Bertz CT molecular complexity index is 1460. The SMILES string of the molecule is Cc1ccc(S(=O)(=O)c2nc(-c3cccc(C)c3)oc2N2CCN(c3cccc(Cl)c3)CC2)cc1. The summed E-state index contributed by atoms with van der Waals surface area (Å²) in [7, 11) is -3.88. The zero-order chi connectivity index (χ0) is 24.6. The standard InChI is InChI=1S/C27H26ClN3O3S/c1-19-9-11-24(12-10-19)35(32,33)26-27(34-25(29-26)21-6-3-5-20(2)17-21)31-15-13-30(14-16-31)23-8-4-7-22(28)18-23/h3-12,17-18H,13-16H2,1-2H3. The predicted octanol–water partition coefficient (Wildman–Crippen LogP) is 5.77. The van der Waals surface area contributed by atoms with Gasteiger partial charge in [-0.2, -0.15) is 4.98 Å². The number of sulfone groups is 1. The number of piperazine rings is 1. The maximum absolute atomic E-state index is 13.7. The molecule has 0 radical (unpaired) electrons. The number of oxazole rings is 1. The highest BCUT2D eigenvalue weighted by Gasteiger charge is 2.33. The fraction of sp³-hybridized carbons (Fsp3) is 0.222. The van der Waals surface area contributed by atoms with E-state index in [9.17, 15) is 8.42 Å². The number of aromatic nitrogens is 1. The minimum absolute atomic E-state index is 0.0472. The van der Waals surface area contributed by atoms with Gasteiger partial charge in [0, 0.05) is 42.5 Å². The van der Waals surface area contributed by atoms with Crippen LogP contribution in [-0.2, 0) is 9.84 Å². The number of aryl methyl sites for hydroxylation is 2. The number of halogens is 1. The van der Waals surface area contributed by atoms with Crippen molar-refractivity contribution in [2.24, 2.45) is 0 Å². The number of hydrogen-bond donors (Lipinski definition) is 0. The molecule has 0 spiro atoms. The quantitative estimate of drug-likeness (QED) is 0.341. The molecular formula is C27H26ClN3O3S. The van der Waals surface area contributed by atoms with Crippen molar-refractivity contribution in [2.75, 3.05) is 36.0 Å². The van der Waals surface area contributed by atoms with Crippen LogP contribution in [0.3, 0.4) is 0 Å². The van der Waals surface area contributed by atoms with Crippen LogP contribution in [-0.4, -0.2) is 39.6 Å². The Balaban J connectivity index is 1.51. The highest BCUT2D eigenvalue weighted by atomic mass is 35.5. The van der Waals surface area contributed by atoms with Gasteiger partial charge in [0.25, 0.3) is 0 Å². The van der Waals surface area contributed by atoms with E-state index in [0.717, 1.165) is 22.4 Å². The van der Waals surface area contributed by atoms with Crippen molar-refractivity contribution < 1.29 is 12.8 Å². The molecule has 1 fully saturated rings. The van der Waals surface area contributed by atoms with E-state index in [2.05, 4.69) is 9.88 Å². The molecule has 1 aromatic heterocycles. The fourth-order valence-electron chi connectivity index (χ4n) is 4.24. The summed E-state index contributed by atoms with van der Waals surface area (Å²) in [6.07, 6.45) is 0. The van der Waals surface area contributed by atoms with Crippen LogP contribution in [0.5, 0.6) is 0 Å². The van der Waals surface area contributed by atoms with Gasteiger partial charge < -0.3 is 14.2 Å². The van der Waals surface area contributed by atoms with Gasteiger partial charge in [-0.1, -0.05) is 53.1 Å². The lowest BCUT2D eigenvalue weighted by atomic mass is 10.1. The first-order valence-electron chi connectivity index (χ1n) is 11.5. The van der Waals surface area contributed by atoms with Gasteiger partial charge in [-0.05, 0) is 56.3 Å². The van der Waals surface area contributed by atoms with Gasteiger partial charge in [0.2, 0.25) is 26.6 Å². The normalized spacial score (nSPS) is 14.4. The molecule has 3 aromatic carbocycles. The molecule has 0 N–H and O–H groups in total. The van der Waals surface area contributed by atoms with Crippen molar-refractivity contribution in [3.63, 3.8) is 0 Å². The van der Waals surface area contributed by atoms with Crippen LogP contribution < -0.4 is 9.80 Å². The summed E-state index contributed by atoms with van der Waals surface area (Å²) in [6.45, 7) is 6.48. The number of rotatable bonds is 5. The first-order chi connectivity index (χ1) is 16.8. The van der Waals surface area contributed by atoms with Crippen molar-refractivity contribution in [1.29, 1.82) is 0 Å². The van der Waals surface area contributed by atoms with Gasteiger partial charge >= 0.3 is 0 Å². The Morgan fingerprint density at radius 1 is 0.829 bits per heavy atom. The Morgan fingerprint density at radius 3 is 2.20 bits per heavy atom. The number of benzene rings is 3. The molecule has 1 aliphatic rings. The molecule has 0 amide bonds. The summed E-state index contributed by atoms with van der Waals surface area (Å²) in [5.41, 5.74) is 3.82. The van der Waals surface area contributed by atoms with Gasteiger partial charge in [0.05, 0.1) is 4.90 Å². The van der Waals surface area contributed by atoms with E-state index in [4.69, 9.17) is 16.0 Å². The average molecular weight is 508 g/mol. The van der Waals surface area contributed by atoms with Gasteiger partial charge in [-0.15, -0.1) is 0 Å². The van der Waals surface area contributed by atoms with Crippen molar-refractivity contribution in [1.82, 2.24) is 4.98 Å². The Labute approximate surface area is 210 Å². The van der Waals surface area contributed by atoms with Crippen molar-refractivity contribution in [3.05, 3.63) is 88.9 Å². The Morgan fingerprint density at radius 2 is 1.51 bits per heavy atom. The maximum Gasteiger partial charge on any atom is 0.236 e. The lowest BCUT2D eigenvalue weighted by Crippen LogP contribution is -2.46. The maximum atomic E-state index is 13.7. The van der Waals surface area contributed by atoms with Crippen molar-refractivity contribution in [3.8, 4) is 11.5 Å². The first kappa shape index (κ1) is 23.5. The first-order valence-corrected chi connectivity index (χ1v) is 13.3. The van der Waals surface area contributed by atoms with E-state index >= 15 is 0 Å². The largest absolute Gasteiger partial charge is 0.419 e. The molecule has 6 nitrogen and oxygen atoms in total. The summed E-state index contributed by atoms with van der Waals surface area (Å²) in [5.74, 6) is 0.583. The van der Waals surface area contributed by atoms with E-state index in [1.807, 2.05) is 67.3 Å². The van der Waals surface area contributed by atoms with Crippen molar-refractivity contribution in [2.45, 2.75) is 23.8 Å². The van der Waals surface area contributed by atoms with Gasteiger partial charge in [-0.3, -0.25) is 0 Å². The van der Waals surface area contributed by atoms with E-state index in [1.165, 1.54) is 0 Å². The summed E-state index contributed by atoms with van der Waals surface area (Å²) >= 11 is 6.17. The smallest absolute Gasteiger partial charge is 0.236 e. The summed E-state index contributed by atoms with van der Waals surface area (Å²) < 4.78 is 33.5.